The topological polar surface area (TPSA) is 72.8 Å². The first-order valence-corrected chi connectivity index (χ1v) is 8.63. The minimum Gasteiger partial charge on any atom is -0.394 e. The van der Waals surface area contributed by atoms with E-state index in [1.165, 1.54) is 6.07 Å². The Hall–Kier alpha value is -0.370. The van der Waals surface area contributed by atoms with E-state index in [4.69, 9.17) is 37.8 Å². The maximum absolute atomic E-state index is 11.6. The fourth-order valence-electron chi connectivity index (χ4n) is 2.09. The van der Waals surface area contributed by atoms with Crippen molar-refractivity contribution in [3.63, 3.8) is 0 Å². The molecule has 0 unspecified atom stereocenters. The first-order valence-electron chi connectivity index (χ1n) is 5.82. The number of rotatable bonds is 4. The van der Waals surface area contributed by atoms with Gasteiger partial charge in [-0.25, -0.2) is 8.42 Å². The summed E-state index contributed by atoms with van der Waals surface area (Å²) in [6, 6.07) is 4.63. The highest BCUT2D eigenvalue weighted by atomic mass is 35.5. The number of sulfone groups is 1. The molecule has 0 saturated carbocycles. The number of hydrogen-bond donors (Lipinski definition) is 1. The summed E-state index contributed by atoms with van der Waals surface area (Å²) in [5, 5.41) is 9.82. The Morgan fingerprint density at radius 3 is 2.65 bits per heavy atom. The lowest BCUT2D eigenvalue weighted by molar-refractivity contribution is -0.162. The second-order valence-electron chi connectivity index (χ2n) is 4.68. The fraction of sp³-hybridized carbons (Fsp3) is 0.500. The molecule has 5 nitrogen and oxygen atoms in total. The molecule has 2 atom stereocenters. The first-order chi connectivity index (χ1) is 9.26. The third kappa shape index (κ3) is 3.44. The maximum Gasteiger partial charge on any atom is 0.211 e. The van der Waals surface area contributed by atoms with Gasteiger partial charge in [-0.05, 0) is 12.1 Å². The first kappa shape index (κ1) is 16.0. The fourth-order valence-corrected chi connectivity index (χ4v) is 3.64. The zero-order chi connectivity index (χ0) is 15.0. The Bertz CT molecular complexity index is 604. The van der Waals surface area contributed by atoms with Crippen LogP contribution in [0.2, 0.25) is 10.0 Å². The molecule has 0 bridgehead atoms. The molecule has 2 rings (SSSR count). The minimum atomic E-state index is -3.40. The third-order valence-corrected chi connectivity index (χ3v) is 4.31. The van der Waals surface area contributed by atoms with Gasteiger partial charge in [-0.3, -0.25) is 0 Å². The summed E-state index contributed by atoms with van der Waals surface area (Å²) in [5.41, 5.74) is 0.380. The molecule has 0 amide bonds. The van der Waals surface area contributed by atoms with Gasteiger partial charge in [-0.15, -0.1) is 0 Å². The third-order valence-electron chi connectivity index (χ3n) is 2.86. The van der Waals surface area contributed by atoms with E-state index in [0.717, 1.165) is 6.26 Å². The molecular formula is C12H14Cl2O5S. The van der Waals surface area contributed by atoms with Crippen LogP contribution in [-0.2, 0) is 25.1 Å². The molecule has 1 aliphatic heterocycles. The molecule has 112 valence electrons. The molecule has 0 aliphatic carbocycles. The van der Waals surface area contributed by atoms with Gasteiger partial charge in [0, 0.05) is 16.8 Å². The van der Waals surface area contributed by atoms with Crippen LogP contribution in [0.15, 0.2) is 18.2 Å². The summed E-state index contributed by atoms with van der Waals surface area (Å²) in [4.78, 5) is 0. The number of aliphatic hydroxyl groups excluding tert-OH is 1. The number of benzene rings is 1. The van der Waals surface area contributed by atoms with Gasteiger partial charge in [0.1, 0.15) is 11.9 Å². The van der Waals surface area contributed by atoms with Gasteiger partial charge in [0.05, 0.1) is 18.2 Å². The average molecular weight is 341 g/mol. The number of halogens is 2. The molecule has 1 saturated heterocycles. The SMILES string of the molecule is CS(=O)(=O)C[C@]1(c2ccc(Cl)cc2Cl)OC[C@H](CO)O1. The van der Waals surface area contributed by atoms with E-state index in [2.05, 4.69) is 0 Å². The van der Waals surface area contributed by atoms with E-state index >= 15 is 0 Å². The van der Waals surface area contributed by atoms with Gasteiger partial charge >= 0.3 is 0 Å². The Balaban J connectivity index is 2.47. The monoisotopic (exact) mass is 340 g/mol. The predicted molar refractivity (Wildman–Crippen MR) is 75.8 cm³/mol. The summed E-state index contributed by atoms with van der Waals surface area (Å²) in [5.74, 6) is -1.90. The second kappa shape index (κ2) is 5.79. The van der Waals surface area contributed by atoms with Crippen LogP contribution in [0, 0.1) is 0 Å². The molecule has 1 aromatic carbocycles. The highest BCUT2D eigenvalue weighted by molar-refractivity contribution is 7.90. The molecule has 1 fully saturated rings. The molecule has 0 spiro atoms. The van der Waals surface area contributed by atoms with Crippen molar-refractivity contribution < 1.29 is 23.0 Å². The van der Waals surface area contributed by atoms with Crippen molar-refractivity contribution in [2.75, 3.05) is 25.2 Å². The van der Waals surface area contributed by atoms with Crippen molar-refractivity contribution in [3.8, 4) is 0 Å². The highest BCUT2D eigenvalue weighted by Gasteiger charge is 2.46. The molecule has 1 aromatic rings. The van der Waals surface area contributed by atoms with Crippen molar-refractivity contribution in [2.24, 2.45) is 0 Å². The van der Waals surface area contributed by atoms with Crippen LogP contribution in [0.1, 0.15) is 5.56 Å². The van der Waals surface area contributed by atoms with Crippen LogP contribution in [0.3, 0.4) is 0 Å². The van der Waals surface area contributed by atoms with Crippen LogP contribution in [0.25, 0.3) is 0 Å². The Morgan fingerprint density at radius 1 is 1.45 bits per heavy atom. The van der Waals surface area contributed by atoms with Gasteiger partial charge in [-0.1, -0.05) is 29.3 Å². The number of hydrogen-bond acceptors (Lipinski definition) is 5. The average Bonchev–Trinajstić information content (AvgIpc) is 2.70. The van der Waals surface area contributed by atoms with E-state index in [9.17, 15) is 8.42 Å². The molecule has 0 aromatic heterocycles. The number of aliphatic hydroxyl groups is 1. The summed E-state index contributed by atoms with van der Waals surface area (Å²) in [7, 11) is -3.40. The van der Waals surface area contributed by atoms with E-state index in [-0.39, 0.29) is 18.2 Å². The normalized spacial score (nSPS) is 26.9. The second-order valence-corrected chi connectivity index (χ2v) is 7.66. The molecule has 20 heavy (non-hydrogen) atoms. The van der Waals surface area contributed by atoms with Gasteiger partial charge < -0.3 is 14.6 Å². The Kier molecular flexibility index (Phi) is 4.63. The summed E-state index contributed by atoms with van der Waals surface area (Å²) < 4.78 is 34.4. The lowest BCUT2D eigenvalue weighted by Crippen LogP contribution is -2.36. The van der Waals surface area contributed by atoms with Crippen molar-refractivity contribution in [2.45, 2.75) is 11.9 Å². The predicted octanol–water partition coefficient (Wildman–Crippen LogP) is 1.60. The van der Waals surface area contributed by atoms with Crippen molar-refractivity contribution in [1.82, 2.24) is 0 Å². The zero-order valence-electron chi connectivity index (χ0n) is 10.7. The van der Waals surface area contributed by atoms with Crippen LogP contribution < -0.4 is 0 Å². The minimum absolute atomic E-state index is 0.0883. The van der Waals surface area contributed by atoms with Crippen molar-refractivity contribution >= 4 is 33.0 Å². The molecule has 1 aliphatic rings. The quantitative estimate of drug-likeness (QED) is 0.901. The standard InChI is InChI=1S/C12H14Cl2O5S/c1-20(16,17)7-12(18-6-9(5-15)19-12)10-3-2-8(13)4-11(10)14/h2-4,9,15H,5-7H2,1H3/t9-,12-/m0/s1. The molecule has 0 radical (unpaired) electrons. The summed E-state index contributed by atoms with van der Waals surface area (Å²) in [6.07, 6.45) is 0.487. The van der Waals surface area contributed by atoms with Crippen LogP contribution in [0.5, 0.6) is 0 Å². The smallest absolute Gasteiger partial charge is 0.211 e. The van der Waals surface area contributed by atoms with Crippen LogP contribution in [0.4, 0.5) is 0 Å². The van der Waals surface area contributed by atoms with E-state index in [0.29, 0.717) is 10.6 Å². The van der Waals surface area contributed by atoms with Gasteiger partial charge in [0.25, 0.3) is 0 Å². The Morgan fingerprint density at radius 2 is 2.15 bits per heavy atom. The highest BCUT2D eigenvalue weighted by Crippen LogP contribution is 2.40. The van der Waals surface area contributed by atoms with E-state index < -0.39 is 27.5 Å². The van der Waals surface area contributed by atoms with Gasteiger partial charge in [0.15, 0.2) is 9.84 Å². The lowest BCUT2D eigenvalue weighted by Gasteiger charge is -2.28. The van der Waals surface area contributed by atoms with Crippen LogP contribution >= 0.6 is 23.2 Å². The van der Waals surface area contributed by atoms with E-state index in [1.54, 1.807) is 12.1 Å². The lowest BCUT2D eigenvalue weighted by atomic mass is 10.1. The largest absolute Gasteiger partial charge is 0.394 e. The molecule has 1 N–H and O–H groups in total. The molecular weight excluding hydrogens is 327 g/mol. The molecule has 8 heteroatoms. The van der Waals surface area contributed by atoms with Crippen molar-refractivity contribution in [3.05, 3.63) is 33.8 Å². The zero-order valence-corrected chi connectivity index (χ0v) is 13.0. The molecule has 1 heterocycles. The van der Waals surface area contributed by atoms with E-state index in [1.807, 2.05) is 0 Å². The number of ether oxygens (including phenoxy) is 2. The summed E-state index contributed by atoms with van der Waals surface area (Å²) >= 11 is 12.0. The van der Waals surface area contributed by atoms with Crippen molar-refractivity contribution in [1.29, 1.82) is 0 Å². The van der Waals surface area contributed by atoms with Gasteiger partial charge in [0.2, 0.25) is 5.79 Å². The van der Waals surface area contributed by atoms with Crippen LogP contribution in [-0.4, -0.2) is 44.9 Å². The summed E-state index contributed by atoms with van der Waals surface area (Å²) in [6.45, 7) is -0.179. The maximum atomic E-state index is 11.6. The Labute approximate surface area is 127 Å². The van der Waals surface area contributed by atoms with Gasteiger partial charge in [-0.2, -0.15) is 0 Å².